The molecule has 6 nitrogen and oxygen atoms in total. The molecule has 42 heavy (non-hydrogen) atoms. The van der Waals surface area contributed by atoms with Gasteiger partial charge in [0.1, 0.15) is 12.4 Å². The van der Waals surface area contributed by atoms with Gasteiger partial charge in [-0.25, -0.2) is 0 Å². The number of ether oxygens (including phenoxy) is 1. The first-order valence-corrected chi connectivity index (χ1v) is 15.6. The fourth-order valence-electron chi connectivity index (χ4n) is 6.51. The summed E-state index contributed by atoms with van der Waals surface area (Å²) in [5, 5.41) is 10.6. The molecule has 0 bridgehead atoms. The summed E-state index contributed by atoms with van der Waals surface area (Å²) in [5.41, 5.74) is 3.62. The van der Waals surface area contributed by atoms with Crippen molar-refractivity contribution in [2.75, 3.05) is 6.54 Å². The lowest BCUT2D eigenvalue weighted by atomic mass is 9.63. The zero-order chi connectivity index (χ0) is 30.6. The summed E-state index contributed by atoms with van der Waals surface area (Å²) in [5.74, 6) is -1.06. The molecule has 0 amide bonds. The van der Waals surface area contributed by atoms with Gasteiger partial charge in [-0.1, -0.05) is 72.9 Å². The van der Waals surface area contributed by atoms with Crippen LogP contribution in [0.2, 0.25) is 10.0 Å². The van der Waals surface area contributed by atoms with Crippen molar-refractivity contribution in [2.45, 2.75) is 72.3 Å². The van der Waals surface area contributed by atoms with Crippen LogP contribution in [0.3, 0.4) is 0 Å². The third-order valence-electron chi connectivity index (χ3n) is 8.25. The second kappa shape index (κ2) is 11.5. The molecule has 2 aromatic carbocycles. The summed E-state index contributed by atoms with van der Waals surface area (Å²) in [7, 11) is 0. The Morgan fingerprint density at radius 1 is 0.952 bits per heavy atom. The Morgan fingerprint density at radius 2 is 1.55 bits per heavy atom. The summed E-state index contributed by atoms with van der Waals surface area (Å²) in [6.45, 7) is 8.60. The van der Waals surface area contributed by atoms with Crippen molar-refractivity contribution in [1.29, 1.82) is 0 Å². The lowest BCUT2D eigenvalue weighted by molar-refractivity contribution is -0.137. The van der Waals surface area contributed by atoms with Crippen LogP contribution in [0.1, 0.15) is 76.8 Å². The first-order valence-electron chi connectivity index (χ1n) is 14.0. The number of aliphatic carboxylic acids is 1. The van der Waals surface area contributed by atoms with Gasteiger partial charge >= 0.3 is 5.97 Å². The summed E-state index contributed by atoms with van der Waals surface area (Å²) in [6, 6.07) is 10.9. The number of hydrogen-bond acceptors (Lipinski definition) is 5. The molecule has 0 fully saturated rings. The van der Waals surface area contributed by atoms with Gasteiger partial charge in [0, 0.05) is 73.5 Å². The summed E-state index contributed by atoms with van der Waals surface area (Å²) >= 11 is 16.1. The van der Waals surface area contributed by atoms with Crippen molar-refractivity contribution in [3.63, 3.8) is 0 Å². The van der Waals surface area contributed by atoms with Gasteiger partial charge in [0.2, 0.25) is 0 Å². The van der Waals surface area contributed by atoms with E-state index >= 15 is 0 Å². The van der Waals surface area contributed by atoms with Crippen molar-refractivity contribution >= 4 is 56.7 Å². The van der Waals surface area contributed by atoms with E-state index in [1.54, 1.807) is 12.1 Å². The van der Waals surface area contributed by atoms with Crippen LogP contribution in [0, 0.1) is 10.8 Å². The lowest BCUT2D eigenvalue weighted by Crippen LogP contribution is -2.45. The molecule has 222 valence electrons. The quantitative estimate of drug-likeness (QED) is 0.317. The number of halogens is 3. The van der Waals surface area contributed by atoms with Crippen molar-refractivity contribution in [3.05, 3.63) is 84.6 Å². The molecule has 3 aliphatic rings. The fraction of sp³-hybridized carbons (Fsp3) is 0.424. The van der Waals surface area contributed by atoms with E-state index in [1.165, 1.54) is 0 Å². The Hall–Kier alpha value is -2.61. The molecule has 1 N–H and O–H groups in total. The molecule has 0 aromatic heterocycles. The molecule has 5 rings (SSSR count). The number of carbonyl (C=O) groups is 3. The van der Waals surface area contributed by atoms with E-state index in [0.29, 0.717) is 58.2 Å². The third-order valence-corrected chi connectivity index (χ3v) is 9.33. The smallest absolute Gasteiger partial charge is 0.305 e. The van der Waals surface area contributed by atoms with E-state index in [1.807, 2.05) is 29.2 Å². The van der Waals surface area contributed by atoms with Crippen LogP contribution in [0.15, 0.2) is 63.4 Å². The SMILES string of the molecule is CC1(C)CC(=O)C2=C(C1)N(CCC(=O)O)C1=C(C(=O)CC(C)(C)C1)C2c1cc(Br)ccc1OCc1ccc(Cl)cc1Cl. The van der Waals surface area contributed by atoms with Gasteiger partial charge < -0.3 is 14.7 Å². The molecular formula is C33H34BrCl2NO5. The number of carbonyl (C=O) groups excluding carboxylic acids is 2. The van der Waals surface area contributed by atoms with Gasteiger partial charge in [-0.3, -0.25) is 14.4 Å². The fourth-order valence-corrected chi connectivity index (χ4v) is 7.35. The number of carboxylic acids is 1. The highest BCUT2D eigenvalue weighted by molar-refractivity contribution is 9.10. The van der Waals surface area contributed by atoms with Crippen LogP contribution in [-0.4, -0.2) is 34.1 Å². The predicted octanol–water partition coefficient (Wildman–Crippen LogP) is 8.50. The first-order chi connectivity index (χ1) is 19.7. The zero-order valence-electron chi connectivity index (χ0n) is 24.2. The minimum atomic E-state index is -0.923. The third kappa shape index (κ3) is 6.20. The summed E-state index contributed by atoms with van der Waals surface area (Å²) in [4.78, 5) is 41.8. The van der Waals surface area contributed by atoms with Gasteiger partial charge in [0.15, 0.2) is 11.6 Å². The average molecular weight is 675 g/mol. The monoisotopic (exact) mass is 673 g/mol. The maximum absolute atomic E-state index is 14.1. The van der Waals surface area contributed by atoms with Crippen LogP contribution < -0.4 is 4.74 Å². The molecule has 0 atom stereocenters. The topological polar surface area (TPSA) is 83.9 Å². The van der Waals surface area contributed by atoms with Crippen LogP contribution in [-0.2, 0) is 21.0 Å². The lowest BCUT2D eigenvalue weighted by Gasteiger charge is -2.49. The Kier molecular flexibility index (Phi) is 8.42. The molecular weight excluding hydrogens is 641 g/mol. The molecule has 0 radical (unpaired) electrons. The minimum absolute atomic E-state index is 0.0255. The average Bonchev–Trinajstić information content (AvgIpc) is 2.85. The standard InChI is InChI=1S/C33H34BrCl2NO5/c1-32(2)13-23-30(25(38)15-32)29(31-24(37(23)10-9-28(40)41)14-33(3,4)16-26(31)39)21-11-19(34)6-8-27(21)42-17-18-5-7-20(35)12-22(18)36/h5-8,11-12,29H,9-10,13-17H2,1-4H3,(H,40,41). The van der Waals surface area contributed by atoms with E-state index in [9.17, 15) is 19.5 Å². The van der Waals surface area contributed by atoms with Gasteiger partial charge in [0.25, 0.3) is 0 Å². The van der Waals surface area contributed by atoms with Gasteiger partial charge in [-0.15, -0.1) is 0 Å². The van der Waals surface area contributed by atoms with Gasteiger partial charge in [0.05, 0.1) is 6.42 Å². The molecule has 0 spiro atoms. The molecule has 0 unspecified atom stereocenters. The highest BCUT2D eigenvalue weighted by Crippen LogP contribution is 2.55. The van der Waals surface area contributed by atoms with E-state index in [2.05, 4.69) is 43.6 Å². The van der Waals surface area contributed by atoms with Crippen LogP contribution in [0.4, 0.5) is 0 Å². The molecule has 0 saturated heterocycles. The van der Waals surface area contributed by atoms with E-state index < -0.39 is 11.9 Å². The Bertz CT molecular complexity index is 1500. The molecule has 9 heteroatoms. The summed E-state index contributed by atoms with van der Waals surface area (Å²) in [6.07, 6.45) is 1.76. The largest absolute Gasteiger partial charge is 0.489 e. The second-order valence-corrected chi connectivity index (χ2v) is 14.8. The maximum Gasteiger partial charge on any atom is 0.305 e. The van der Waals surface area contributed by atoms with Crippen LogP contribution in [0.25, 0.3) is 0 Å². The molecule has 2 aromatic rings. The number of carboxylic acid groups (broad SMARTS) is 1. The van der Waals surface area contributed by atoms with Gasteiger partial charge in [-0.05, 0) is 54.0 Å². The van der Waals surface area contributed by atoms with Crippen molar-refractivity contribution in [1.82, 2.24) is 4.90 Å². The Morgan fingerprint density at radius 3 is 2.10 bits per heavy atom. The number of ketones is 2. The van der Waals surface area contributed by atoms with E-state index in [-0.39, 0.29) is 42.0 Å². The van der Waals surface area contributed by atoms with Gasteiger partial charge in [-0.2, -0.15) is 0 Å². The van der Waals surface area contributed by atoms with Crippen molar-refractivity contribution in [3.8, 4) is 5.75 Å². The Balaban J connectivity index is 1.70. The van der Waals surface area contributed by atoms with E-state index in [0.717, 1.165) is 21.4 Å². The number of nitrogens with zero attached hydrogens (tertiary/aromatic N) is 1. The van der Waals surface area contributed by atoms with Crippen molar-refractivity contribution < 1.29 is 24.2 Å². The number of rotatable bonds is 7. The highest BCUT2D eigenvalue weighted by atomic mass is 79.9. The molecule has 1 aliphatic heterocycles. The maximum atomic E-state index is 14.1. The highest BCUT2D eigenvalue weighted by Gasteiger charge is 2.49. The number of allylic oxidation sites excluding steroid dienone is 4. The predicted molar refractivity (Wildman–Crippen MR) is 167 cm³/mol. The van der Waals surface area contributed by atoms with E-state index in [4.69, 9.17) is 27.9 Å². The number of hydrogen-bond donors (Lipinski definition) is 1. The zero-order valence-corrected chi connectivity index (χ0v) is 27.3. The normalized spacial score (nSPS) is 20.0. The van der Waals surface area contributed by atoms with Crippen molar-refractivity contribution in [2.24, 2.45) is 10.8 Å². The molecule has 0 saturated carbocycles. The number of benzene rings is 2. The second-order valence-electron chi connectivity index (χ2n) is 13.0. The van der Waals surface area contributed by atoms with Crippen LogP contribution in [0.5, 0.6) is 5.75 Å². The molecule has 1 heterocycles. The van der Waals surface area contributed by atoms with Crippen LogP contribution >= 0.6 is 39.1 Å². The number of Topliss-reactive ketones (excluding diaryl/α,β-unsaturated/α-hetero) is 2. The first kappa shape index (κ1) is 30.8. The summed E-state index contributed by atoms with van der Waals surface area (Å²) < 4.78 is 7.15. The Labute approximate surface area is 264 Å². The minimum Gasteiger partial charge on any atom is -0.489 e. The molecule has 2 aliphatic carbocycles.